The molecule has 1 aromatic carbocycles. The van der Waals surface area contributed by atoms with Crippen molar-refractivity contribution in [1.29, 1.82) is 0 Å². The van der Waals surface area contributed by atoms with Crippen molar-refractivity contribution in [1.82, 2.24) is 10.3 Å². The maximum atomic E-state index is 12.2. The van der Waals surface area contributed by atoms with Gasteiger partial charge in [0, 0.05) is 10.4 Å². The molecule has 0 fully saturated rings. The van der Waals surface area contributed by atoms with Gasteiger partial charge in [-0.05, 0) is 24.3 Å². The van der Waals surface area contributed by atoms with Crippen LogP contribution < -0.4 is 10.0 Å². The molecule has 2 rings (SSSR count). The number of ether oxygens (including phenoxy) is 1. The van der Waals surface area contributed by atoms with Crippen LogP contribution in [0.3, 0.4) is 0 Å². The first-order chi connectivity index (χ1) is 11.8. The molecule has 25 heavy (non-hydrogen) atoms. The van der Waals surface area contributed by atoms with Crippen molar-refractivity contribution in [2.75, 3.05) is 18.4 Å². The normalized spacial score (nSPS) is 11.0. The number of thiazole rings is 1. The molecule has 0 bridgehead atoms. The number of amides is 1. The SMILES string of the molecule is COC(=O)CNC(=O)Cc1csc(NS(=O)(=O)c2ccc(Cl)cc2)n1. The molecule has 0 saturated carbocycles. The average Bonchev–Trinajstić information content (AvgIpc) is 2.99. The number of hydrogen-bond acceptors (Lipinski definition) is 7. The molecule has 8 nitrogen and oxygen atoms in total. The van der Waals surface area contributed by atoms with Crippen LogP contribution in [0.2, 0.25) is 5.02 Å². The van der Waals surface area contributed by atoms with E-state index >= 15 is 0 Å². The van der Waals surface area contributed by atoms with E-state index in [2.05, 4.69) is 19.8 Å². The highest BCUT2D eigenvalue weighted by Gasteiger charge is 2.17. The fraction of sp³-hybridized carbons (Fsp3) is 0.214. The molecule has 0 aliphatic rings. The van der Waals surface area contributed by atoms with E-state index in [1.165, 1.54) is 31.4 Å². The average molecular weight is 404 g/mol. The second-order valence-corrected chi connectivity index (χ2v) is 7.71. The number of hydrogen-bond donors (Lipinski definition) is 2. The molecule has 0 aliphatic carbocycles. The standard InChI is InChI=1S/C14H14ClN3O5S2/c1-23-13(20)7-16-12(19)6-10-8-24-14(17-10)18-25(21,22)11-4-2-9(15)3-5-11/h2-5,8H,6-7H2,1H3,(H,16,19)(H,17,18). The number of nitrogens with one attached hydrogen (secondary N) is 2. The summed E-state index contributed by atoms with van der Waals surface area (Å²) in [5, 5.41) is 4.48. The number of benzene rings is 1. The van der Waals surface area contributed by atoms with E-state index in [1.54, 1.807) is 5.38 Å². The van der Waals surface area contributed by atoms with Crippen molar-refractivity contribution < 1.29 is 22.7 Å². The lowest BCUT2D eigenvalue weighted by molar-refractivity contribution is -0.141. The van der Waals surface area contributed by atoms with E-state index < -0.39 is 21.9 Å². The summed E-state index contributed by atoms with van der Waals surface area (Å²) in [5.41, 5.74) is 0.376. The quantitative estimate of drug-likeness (QED) is 0.676. The maximum Gasteiger partial charge on any atom is 0.325 e. The number of aromatic nitrogens is 1. The smallest absolute Gasteiger partial charge is 0.325 e. The summed E-state index contributed by atoms with van der Waals surface area (Å²) in [6, 6.07) is 5.68. The molecule has 0 unspecified atom stereocenters. The van der Waals surface area contributed by atoms with Crippen molar-refractivity contribution in [2.24, 2.45) is 0 Å². The van der Waals surface area contributed by atoms with Gasteiger partial charge in [0.1, 0.15) is 6.54 Å². The van der Waals surface area contributed by atoms with E-state index in [0.717, 1.165) is 11.3 Å². The van der Waals surface area contributed by atoms with E-state index in [9.17, 15) is 18.0 Å². The molecule has 0 saturated heterocycles. The van der Waals surface area contributed by atoms with Crippen LogP contribution in [0, 0.1) is 0 Å². The van der Waals surface area contributed by atoms with Gasteiger partial charge in [0.25, 0.3) is 10.0 Å². The van der Waals surface area contributed by atoms with Crippen molar-refractivity contribution in [3.05, 3.63) is 40.4 Å². The van der Waals surface area contributed by atoms with Crippen LogP contribution in [-0.2, 0) is 30.8 Å². The minimum absolute atomic E-state index is 0.0458. The Morgan fingerprint density at radius 1 is 1.28 bits per heavy atom. The van der Waals surface area contributed by atoms with Gasteiger partial charge in [0.15, 0.2) is 5.13 Å². The number of esters is 1. The maximum absolute atomic E-state index is 12.2. The second kappa shape index (κ2) is 8.28. The van der Waals surface area contributed by atoms with Crippen LogP contribution in [0.25, 0.3) is 0 Å². The Morgan fingerprint density at radius 3 is 2.60 bits per heavy atom. The third kappa shape index (κ3) is 5.69. The van der Waals surface area contributed by atoms with Gasteiger partial charge in [0.05, 0.1) is 24.1 Å². The van der Waals surface area contributed by atoms with Gasteiger partial charge in [-0.2, -0.15) is 0 Å². The van der Waals surface area contributed by atoms with Gasteiger partial charge in [-0.15, -0.1) is 11.3 Å². The predicted molar refractivity (Wildman–Crippen MR) is 93.1 cm³/mol. The number of carbonyl (C=O) groups is 2. The lowest BCUT2D eigenvalue weighted by Gasteiger charge is -2.05. The number of sulfonamides is 1. The molecule has 2 N–H and O–H groups in total. The minimum Gasteiger partial charge on any atom is -0.468 e. The molecule has 1 amide bonds. The Labute approximate surface area is 153 Å². The zero-order chi connectivity index (χ0) is 18.4. The molecule has 1 heterocycles. The summed E-state index contributed by atoms with van der Waals surface area (Å²) in [6.45, 7) is -0.241. The molecule has 11 heteroatoms. The Balaban J connectivity index is 1.98. The Morgan fingerprint density at radius 2 is 1.96 bits per heavy atom. The fourth-order valence-corrected chi connectivity index (χ4v) is 3.78. The van der Waals surface area contributed by atoms with Gasteiger partial charge >= 0.3 is 5.97 Å². The van der Waals surface area contributed by atoms with E-state index in [0.29, 0.717) is 10.7 Å². The lowest BCUT2D eigenvalue weighted by atomic mass is 10.3. The number of halogens is 1. The molecule has 0 spiro atoms. The van der Waals surface area contributed by atoms with Crippen molar-refractivity contribution >= 4 is 50.0 Å². The molecule has 2 aromatic rings. The Bertz CT molecular complexity index is 865. The predicted octanol–water partition coefficient (Wildman–Crippen LogP) is 1.43. The lowest BCUT2D eigenvalue weighted by Crippen LogP contribution is -2.31. The first-order valence-electron chi connectivity index (χ1n) is 6.86. The first kappa shape index (κ1) is 19.2. The first-order valence-corrected chi connectivity index (χ1v) is 9.60. The van der Waals surface area contributed by atoms with Gasteiger partial charge in [0.2, 0.25) is 5.91 Å². The van der Waals surface area contributed by atoms with Gasteiger partial charge in [-0.1, -0.05) is 11.6 Å². The summed E-state index contributed by atoms with van der Waals surface area (Å²) in [4.78, 5) is 26.7. The van der Waals surface area contributed by atoms with E-state index in [1.807, 2.05) is 0 Å². The third-order valence-corrected chi connectivity index (χ3v) is 5.44. The minimum atomic E-state index is -3.79. The van der Waals surface area contributed by atoms with Crippen LogP contribution >= 0.6 is 22.9 Å². The van der Waals surface area contributed by atoms with Gasteiger partial charge < -0.3 is 10.1 Å². The summed E-state index contributed by atoms with van der Waals surface area (Å²) in [7, 11) is -2.58. The molecule has 1 aromatic heterocycles. The molecule has 0 radical (unpaired) electrons. The van der Waals surface area contributed by atoms with E-state index in [-0.39, 0.29) is 23.0 Å². The number of nitrogens with zero attached hydrogens (tertiary/aromatic N) is 1. The molecular weight excluding hydrogens is 390 g/mol. The molecule has 134 valence electrons. The number of carbonyl (C=O) groups excluding carboxylic acids is 2. The summed E-state index contributed by atoms with van der Waals surface area (Å²) < 4.78 is 31.2. The summed E-state index contributed by atoms with van der Waals surface area (Å²) in [6.07, 6.45) is -0.0871. The molecule has 0 aliphatic heterocycles. The van der Waals surface area contributed by atoms with E-state index in [4.69, 9.17) is 11.6 Å². The number of anilines is 1. The van der Waals surface area contributed by atoms with Crippen LogP contribution in [0.1, 0.15) is 5.69 Å². The monoisotopic (exact) mass is 403 g/mol. The van der Waals surface area contributed by atoms with Crippen LogP contribution in [0.15, 0.2) is 34.5 Å². The largest absolute Gasteiger partial charge is 0.468 e. The molecule has 0 atom stereocenters. The van der Waals surface area contributed by atoms with Gasteiger partial charge in [-0.3, -0.25) is 14.3 Å². The summed E-state index contributed by atoms with van der Waals surface area (Å²) in [5.74, 6) is -0.995. The van der Waals surface area contributed by atoms with Gasteiger partial charge in [-0.25, -0.2) is 13.4 Å². The highest BCUT2D eigenvalue weighted by atomic mass is 35.5. The molecular formula is C14H14ClN3O5S2. The highest BCUT2D eigenvalue weighted by Crippen LogP contribution is 2.21. The van der Waals surface area contributed by atoms with Crippen LogP contribution in [-0.4, -0.2) is 38.9 Å². The van der Waals surface area contributed by atoms with Crippen molar-refractivity contribution in [3.8, 4) is 0 Å². The highest BCUT2D eigenvalue weighted by molar-refractivity contribution is 7.93. The second-order valence-electron chi connectivity index (χ2n) is 4.73. The number of rotatable bonds is 7. The summed E-state index contributed by atoms with van der Waals surface area (Å²) >= 11 is 6.78. The van der Waals surface area contributed by atoms with Crippen LogP contribution in [0.4, 0.5) is 5.13 Å². The van der Waals surface area contributed by atoms with Crippen LogP contribution in [0.5, 0.6) is 0 Å². The fourth-order valence-electron chi connectivity index (χ4n) is 1.69. The zero-order valence-electron chi connectivity index (χ0n) is 13.0. The Hall–Kier alpha value is -2.17. The third-order valence-electron chi connectivity index (χ3n) is 2.90. The number of methoxy groups -OCH3 is 1. The Kier molecular flexibility index (Phi) is 6.34. The van der Waals surface area contributed by atoms with Crippen molar-refractivity contribution in [2.45, 2.75) is 11.3 Å². The topological polar surface area (TPSA) is 114 Å². The zero-order valence-corrected chi connectivity index (χ0v) is 15.4. The van der Waals surface area contributed by atoms with Crippen molar-refractivity contribution in [3.63, 3.8) is 0 Å².